The van der Waals surface area contributed by atoms with Crippen LogP contribution in [0.3, 0.4) is 0 Å². The van der Waals surface area contributed by atoms with Crippen molar-refractivity contribution < 1.29 is 9.53 Å². The van der Waals surface area contributed by atoms with E-state index in [0.717, 1.165) is 0 Å². The third-order valence-electron chi connectivity index (χ3n) is 2.41. The van der Waals surface area contributed by atoms with Crippen molar-refractivity contribution in [2.24, 2.45) is 0 Å². The number of aromatic nitrogens is 4. The highest BCUT2D eigenvalue weighted by atomic mass is 16.5. The lowest BCUT2D eigenvalue weighted by atomic mass is 10.2. The second kappa shape index (κ2) is 5.39. The molecule has 0 aliphatic rings. The summed E-state index contributed by atoms with van der Waals surface area (Å²) in [6.45, 7) is 4.59. The van der Waals surface area contributed by atoms with Gasteiger partial charge in [-0.25, -0.2) is 9.48 Å². The van der Waals surface area contributed by atoms with Gasteiger partial charge in [0, 0.05) is 12.7 Å². The molecule has 2 heterocycles. The summed E-state index contributed by atoms with van der Waals surface area (Å²) >= 11 is 0. The molecule has 94 valence electrons. The van der Waals surface area contributed by atoms with Crippen LogP contribution in [-0.4, -0.2) is 32.6 Å². The predicted octanol–water partition coefficient (Wildman–Crippen LogP) is 1.54. The van der Waals surface area contributed by atoms with E-state index < -0.39 is 5.97 Å². The van der Waals surface area contributed by atoms with Crippen molar-refractivity contribution in [1.29, 1.82) is 0 Å². The van der Waals surface area contributed by atoms with Gasteiger partial charge < -0.3 is 4.74 Å². The molecule has 18 heavy (non-hydrogen) atoms. The van der Waals surface area contributed by atoms with E-state index in [2.05, 4.69) is 15.3 Å². The summed E-state index contributed by atoms with van der Waals surface area (Å²) in [7, 11) is 0. The molecule has 2 aromatic rings. The topological polar surface area (TPSA) is 69.9 Å². The number of hydrogen-bond acceptors (Lipinski definition) is 5. The summed E-state index contributed by atoms with van der Waals surface area (Å²) in [5, 5.41) is 7.82. The molecule has 0 radical (unpaired) electrons. The fraction of sp³-hybridized carbons (Fsp3) is 0.333. The number of ether oxygens (including phenoxy) is 1. The third-order valence-corrected chi connectivity index (χ3v) is 2.41. The lowest BCUT2D eigenvalue weighted by molar-refractivity contribution is 0.0520. The quantitative estimate of drug-likeness (QED) is 0.765. The second-order valence-electron chi connectivity index (χ2n) is 3.54. The van der Waals surface area contributed by atoms with Crippen molar-refractivity contribution in [3.05, 3.63) is 30.1 Å². The minimum atomic E-state index is -0.474. The molecule has 0 fully saturated rings. The summed E-state index contributed by atoms with van der Waals surface area (Å²) in [6, 6.07) is 5.48. The van der Waals surface area contributed by atoms with Gasteiger partial charge in [-0.15, -0.1) is 5.10 Å². The van der Waals surface area contributed by atoms with Gasteiger partial charge in [0.15, 0.2) is 5.69 Å². The molecule has 2 aromatic heterocycles. The highest BCUT2D eigenvalue weighted by Gasteiger charge is 2.22. The van der Waals surface area contributed by atoms with E-state index in [0.29, 0.717) is 24.5 Å². The van der Waals surface area contributed by atoms with Crippen molar-refractivity contribution in [3.63, 3.8) is 0 Å². The first-order chi connectivity index (χ1) is 8.77. The molecule has 6 nitrogen and oxygen atoms in total. The van der Waals surface area contributed by atoms with Gasteiger partial charge in [0.2, 0.25) is 0 Å². The average Bonchev–Trinajstić information content (AvgIpc) is 2.83. The van der Waals surface area contributed by atoms with Gasteiger partial charge in [0.1, 0.15) is 5.69 Å². The van der Waals surface area contributed by atoms with Gasteiger partial charge in [-0.05, 0) is 26.0 Å². The minimum absolute atomic E-state index is 0.206. The Morgan fingerprint density at radius 2 is 2.22 bits per heavy atom. The first kappa shape index (κ1) is 12.2. The zero-order chi connectivity index (χ0) is 13.0. The summed E-state index contributed by atoms with van der Waals surface area (Å²) in [6.07, 6.45) is 1.66. The van der Waals surface area contributed by atoms with Gasteiger partial charge in [0.05, 0.1) is 12.3 Å². The summed E-state index contributed by atoms with van der Waals surface area (Å²) in [4.78, 5) is 16.0. The van der Waals surface area contributed by atoms with Crippen molar-refractivity contribution in [2.75, 3.05) is 6.61 Å². The van der Waals surface area contributed by atoms with E-state index >= 15 is 0 Å². The normalized spacial score (nSPS) is 10.3. The largest absolute Gasteiger partial charge is 0.461 e. The molecule has 0 aliphatic carbocycles. The Kier molecular flexibility index (Phi) is 3.66. The Morgan fingerprint density at radius 3 is 2.83 bits per heavy atom. The third kappa shape index (κ3) is 2.22. The zero-order valence-corrected chi connectivity index (χ0v) is 10.3. The molecule has 0 spiro atoms. The van der Waals surface area contributed by atoms with Gasteiger partial charge in [-0.1, -0.05) is 11.3 Å². The lowest BCUT2D eigenvalue weighted by Gasteiger charge is -2.04. The molecule has 0 amide bonds. The molecule has 0 aliphatic heterocycles. The molecular weight excluding hydrogens is 232 g/mol. The Hall–Kier alpha value is -2.24. The number of carbonyl (C=O) groups is 1. The van der Waals surface area contributed by atoms with Gasteiger partial charge in [-0.3, -0.25) is 4.98 Å². The van der Waals surface area contributed by atoms with E-state index in [4.69, 9.17) is 4.74 Å². The minimum Gasteiger partial charge on any atom is -0.461 e. The molecule has 0 unspecified atom stereocenters. The van der Waals surface area contributed by atoms with E-state index in [1.54, 1.807) is 17.8 Å². The van der Waals surface area contributed by atoms with Crippen LogP contribution in [0.25, 0.3) is 11.4 Å². The maximum absolute atomic E-state index is 11.8. The second-order valence-corrected chi connectivity index (χ2v) is 3.54. The number of carbonyl (C=O) groups excluding carboxylic acids is 1. The molecule has 0 atom stereocenters. The smallest absolute Gasteiger partial charge is 0.361 e. The maximum Gasteiger partial charge on any atom is 0.361 e. The van der Waals surface area contributed by atoms with E-state index in [-0.39, 0.29) is 5.69 Å². The molecule has 0 saturated heterocycles. The monoisotopic (exact) mass is 246 g/mol. The number of esters is 1. The van der Waals surface area contributed by atoms with Gasteiger partial charge in [-0.2, -0.15) is 0 Å². The predicted molar refractivity (Wildman–Crippen MR) is 64.9 cm³/mol. The maximum atomic E-state index is 11.8. The molecule has 0 saturated carbocycles. The molecule has 6 heteroatoms. The van der Waals surface area contributed by atoms with Crippen molar-refractivity contribution in [2.45, 2.75) is 20.4 Å². The Labute approximate surface area is 105 Å². The van der Waals surface area contributed by atoms with Crippen LogP contribution in [-0.2, 0) is 11.3 Å². The van der Waals surface area contributed by atoms with Crippen molar-refractivity contribution >= 4 is 5.97 Å². The zero-order valence-electron chi connectivity index (χ0n) is 10.3. The molecule has 2 rings (SSSR count). The molecule has 0 N–H and O–H groups in total. The number of rotatable bonds is 4. The summed E-state index contributed by atoms with van der Waals surface area (Å²) in [5.74, 6) is -0.474. The van der Waals surface area contributed by atoms with Crippen molar-refractivity contribution in [3.8, 4) is 11.4 Å². The Morgan fingerprint density at radius 1 is 1.39 bits per heavy atom. The number of nitrogens with zero attached hydrogens (tertiary/aromatic N) is 4. The first-order valence-electron chi connectivity index (χ1n) is 5.80. The van der Waals surface area contributed by atoms with Crippen molar-refractivity contribution in [1.82, 2.24) is 20.0 Å². The van der Waals surface area contributed by atoms with Gasteiger partial charge >= 0.3 is 5.97 Å². The number of pyridine rings is 1. The van der Waals surface area contributed by atoms with Crippen LogP contribution in [0.4, 0.5) is 0 Å². The van der Waals surface area contributed by atoms with Crippen LogP contribution < -0.4 is 0 Å². The molecule has 0 bridgehead atoms. The van der Waals surface area contributed by atoms with E-state index in [1.807, 2.05) is 25.1 Å². The molecular formula is C12H14N4O2. The first-order valence-corrected chi connectivity index (χ1v) is 5.80. The highest BCUT2D eigenvalue weighted by molar-refractivity contribution is 5.93. The van der Waals surface area contributed by atoms with Crippen LogP contribution in [0.15, 0.2) is 24.4 Å². The number of aryl methyl sites for hydroxylation is 1. The van der Waals surface area contributed by atoms with Crippen LogP contribution >= 0.6 is 0 Å². The average molecular weight is 246 g/mol. The lowest BCUT2D eigenvalue weighted by Crippen LogP contribution is -2.08. The van der Waals surface area contributed by atoms with Crippen LogP contribution in [0, 0.1) is 0 Å². The molecule has 0 aromatic carbocycles. The van der Waals surface area contributed by atoms with Crippen LogP contribution in [0.2, 0.25) is 0 Å². The van der Waals surface area contributed by atoms with E-state index in [1.165, 1.54) is 0 Å². The van der Waals surface area contributed by atoms with Gasteiger partial charge in [0.25, 0.3) is 0 Å². The van der Waals surface area contributed by atoms with Crippen LogP contribution in [0.5, 0.6) is 0 Å². The standard InChI is InChI=1S/C12H14N4O2/c1-3-16-11(9-7-5-6-8-13-9)10(14-15-16)12(17)18-4-2/h5-8H,3-4H2,1-2H3. The Balaban J connectivity index is 2.50. The Bertz CT molecular complexity index is 536. The fourth-order valence-electron chi connectivity index (χ4n) is 1.63. The summed E-state index contributed by atoms with van der Waals surface area (Å²) < 4.78 is 6.60. The number of hydrogen-bond donors (Lipinski definition) is 0. The SMILES string of the molecule is CCOC(=O)c1nnn(CC)c1-c1ccccn1. The highest BCUT2D eigenvalue weighted by Crippen LogP contribution is 2.20. The van der Waals surface area contributed by atoms with E-state index in [9.17, 15) is 4.79 Å². The summed E-state index contributed by atoms with van der Waals surface area (Å²) in [5.41, 5.74) is 1.46. The van der Waals surface area contributed by atoms with Crippen LogP contribution in [0.1, 0.15) is 24.3 Å². The fourth-order valence-corrected chi connectivity index (χ4v) is 1.63.